The lowest BCUT2D eigenvalue weighted by molar-refractivity contribution is -0.0332. The Kier molecular flexibility index (Phi) is 7.60. The molecule has 12 heteroatoms. The Labute approximate surface area is 235 Å². The van der Waals surface area contributed by atoms with Crippen LogP contribution in [0.15, 0.2) is 30.7 Å². The van der Waals surface area contributed by atoms with E-state index in [1.807, 2.05) is 18.5 Å². The fourth-order valence-corrected chi connectivity index (χ4v) is 6.69. The average Bonchev–Trinajstić information content (AvgIpc) is 2.91. The molecular weight excluding hydrogens is 533 g/mol. The zero-order chi connectivity index (χ0) is 28.8. The monoisotopic (exact) mass is 571 g/mol. The number of anilines is 4. The number of hydrogen-bond acceptors (Lipinski definition) is 10. The van der Waals surface area contributed by atoms with Crippen LogP contribution in [0, 0.1) is 5.92 Å². The minimum absolute atomic E-state index is 0.0248. The molecule has 10 nitrogen and oxygen atoms in total. The Bertz CT molecular complexity index is 1500. The first-order valence-corrected chi connectivity index (χ1v) is 15.7. The normalized spacial score (nSPS) is 25.4. The highest BCUT2D eigenvalue weighted by molar-refractivity contribution is 7.91. The first kappa shape index (κ1) is 28.4. The second-order valence-corrected chi connectivity index (χ2v) is 13.9. The molecule has 0 radical (unpaired) electrons. The van der Waals surface area contributed by atoms with Crippen molar-refractivity contribution in [2.75, 3.05) is 46.3 Å². The van der Waals surface area contributed by atoms with Crippen LogP contribution >= 0.6 is 0 Å². The largest absolute Gasteiger partial charge is 0.387 e. The molecule has 0 aliphatic carbocycles. The van der Waals surface area contributed by atoms with Gasteiger partial charge in [0, 0.05) is 54.0 Å². The summed E-state index contributed by atoms with van der Waals surface area (Å²) < 4.78 is 38.8. The van der Waals surface area contributed by atoms with E-state index in [4.69, 9.17) is 4.98 Å². The number of hydrogen-bond donors (Lipinski definition) is 2. The van der Waals surface area contributed by atoms with Gasteiger partial charge in [-0.2, -0.15) is 4.98 Å². The summed E-state index contributed by atoms with van der Waals surface area (Å²) in [6.45, 7) is 10.6. The Morgan fingerprint density at radius 3 is 2.62 bits per heavy atom. The van der Waals surface area contributed by atoms with E-state index in [9.17, 15) is 17.9 Å². The van der Waals surface area contributed by atoms with Gasteiger partial charge in [-0.25, -0.2) is 22.8 Å². The molecule has 0 spiro atoms. The Morgan fingerprint density at radius 2 is 1.95 bits per heavy atom. The van der Waals surface area contributed by atoms with E-state index in [1.165, 1.54) is 6.92 Å². The quantitative estimate of drug-likeness (QED) is 0.412. The SMILES string of the molecule is CCS(=O)(=O)C[C@H]1CN(c2cnc(C(C)C)c3cc(Nc4ccnc(N5CC[C@@](C)(O)[C@@H](F)C5)n4)ncc23)[C@@H]1C. The van der Waals surface area contributed by atoms with Crippen LogP contribution in [-0.2, 0) is 9.84 Å². The molecule has 2 aliphatic heterocycles. The molecule has 0 amide bonds. The summed E-state index contributed by atoms with van der Waals surface area (Å²) in [5.41, 5.74) is 0.548. The highest BCUT2D eigenvalue weighted by Gasteiger charge is 2.40. The molecule has 0 bridgehead atoms. The molecule has 3 aromatic heterocycles. The number of aromatic nitrogens is 4. The Morgan fingerprint density at radius 1 is 1.18 bits per heavy atom. The number of nitrogens with zero attached hydrogens (tertiary/aromatic N) is 6. The molecule has 0 unspecified atom stereocenters. The van der Waals surface area contributed by atoms with E-state index >= 15 is 0 Å². The summed E-state index contributed by atoms with van der Waals surface area (Å²) >= 11 is 0. The molecule has 0 aromatic carbocycles. The van der Waals surface area contributed by atoms with Gasteiger partial charge < -0.3 is 20.2 Å². The van der Waals surface area contributed by atoms with Crippen molar-refractivity contribution in [3.63, 3.8) is 0 Å². The fourth-order valence-electron chi connectivity index (χ4n) is 5.42. The number of nitrogens with one attached hydrogen (secondary N) is 1. The molecule has 0 saturated carbocycles. The number of rotatable bonds is 8. The lowest BCUT2D eigenvalue weighted by Crippen LogP contribution is -2.57. The van der Waals surface area contributed by atoms with Gasteiger partial charge in [0.1, 0.15) is 27.6 Å². The topological polar surface area (TPSA) is 124 Å². The number of pyridine rings is 2. The molecule has 2 saturated heterocycles. The van der Waals surface area contributed by atoms with Crippen molar-refractivity contribution in [1.29, 1.82) is 0 Å². The number of sulfone groups is 1. The van der Waals surface area contributed by atoms with Gasteiger partial charge >= 0.3 is 0 Å². The molecule has 2 N–H and O–H groups in total. The summed E-state index contributed by atoms with van der Waals surface area (Å²) in [6, 6.07) is 3.77. The minimum Gasteiger partial charge on any atom is -0.387 e. The maximum Gasteiger partial charge on any atom is 0.227 e. The van der Waals surface area contributed by atoms with Crippen LogP contribution in [0.2, 0.25) is 0 Å². The third kappa shape index (κ3) is 5.56. The predicted molar refractivity (Wildman–Crippen MR) is 156 cm³/mol. The van der Waals surface area contributed by atoms with Gasteiger partial charge in [-0.3, -0.25) is 4.98 Å². The highest BCUT2D eigenvalue weighted by atomic mass is 32.2. The third-order valence-corrected chi connectivity index (χ3v) is 10.1. The Hall–Kier alpha value is -3.12. The van der Waals surface area contributed by atoms with Crippen LogP contribution in [-0.4, -0.2) is 82.4 Å². The van der Waals surface area contributed by atoms with Crippen molar-refractivity contribution < 1.29 is 17.9 Å². The van der Waals surface area contributed by atoms with E-state index in [0.29, 0.717) is 37.1 Å². The second-order valence-electron chi connectivity index (χ2n) is 11.5. The fraction of sp³-hybridized carbons (Fsp3) is 0.571. The lowest BCUT2D eigenvalue weighted by Gasteiger charge is -2.48. The van der Waals surface area contributed by atoms with Gasteiger partial charge in [0.15, 0.2) is 0 Å². The minimum atomic E-state index is -3.04. The van der Waals surface area contributed by atoms with E-state index in [1.54, 1.807) is 24.1 Å². The first-order chi connectivity index (χ1) is 18.9. The summed E-state index contributed by atoms with van der Waals surface area (Å²) in [4.78, 5) is 22.3. The van der Waals surface area contributed by atoms with Gasteiger partial charge in [0.2, 0.25) is 5.95 Å². The zero-order valence-corrected chi connectivity index (χ0v) is 24.5. The van der Waals surface area contributed by atoms with Crippen LogP contribution in [0.1, 0.15) is 52.7 Å². The van der Waals surface area contributed by atoms with E-state index < -0.39 is 21.6 Å². The maximum atomic E-state index is 14.4. The van der Waals surface area contributed by atoms with Crippen molar-refractivity contribution in [2.24, 2.45) is 5.92 Å². The van der Waals surface area contributed by atoms with Gasteiger partial charge in [-0.1, -0.05) is 20.8 Å². The zero-order valence-electron chi connectivity index (χ0n) is 23.7. The summed E-state index contributed by atoms with van der Waals surface area (Å²) in [5, 5.41) is 15.3. The van der Waals surface area contributed by atoms with Gasteiger partial charge in [-0.15, -0.1) is 0 Å². The van der Waals surface area contributed by atoms with Crippen molar-refractivity contribution >= 4 is 43.9 Å². The summed E-state index contributed by atoms with van der Waals surface area (Å²) in [5.74, 6) is 2.13. The third-order valence-electron chi connectivity index (χ3n) is 8.28. The van der Waals surface area contributed by atoms with Crippen LogP contribution in [0.5, 0.6) is 0 Å². The van der Waals surface area contributed by atoms with E-state index in [0.717, 1.165) is 22.2 Å². The Balaban J connectivity index is 1.40. The number of halogens is 1. The number of fused-ring (bicyclic) bond motifs is 1. The van der Waals surface area contributed by atoms with Crippen LogP contribution in [0.25, 0.3) is 10.8 Å². The lowest BCUT2D eigenvalue weighted by atomic mass is 9.90. The molecule has 216 valence electrons. The number of alkyl halides is 1. The van der Waals surface area contributed by atoms with E-state index in [2.05, 4.69) is 45.9 Å². The van der Waals surface area contributed by atoms with Crippen LogP contribution in [0.3, 0.4) is 0 Å². The standard InChI is InChI=1S/C28H38FN7O3S/c1-6-40(38,39)16-19-14-36(18(19)4)22-13-32-26(17(2)3)20-11-25(31-12-21(20)22)33-24-7-9-30-27(34-24)35-10-8-28(5,37)23(29)15-35/h7,9,11-13,17-19,23,37H,6,8,10,14-16H2,1-5H3,(H,30,31,33,34)/t18-,19-,23+,28-/m1/s1. The van der Waals surface area contributed by atoms with Crippen molar-refractivity contribution in [1.82, 2.24) is 19.9 Å². The summed E-state index contributed by atoms with van der Waals surface area (Å²) in [7, 11) is -3.04. The smallest absolute Gasteiger partial charge is 0.227 e. The first-order valence-electron chi connectivity index (χ1n) is 13.9. The number of aliphatic hydroxyl groups is 1. The molecule has 2 aliphatic rings. The molecule has 5 heterocycles. The van der Waals surface area contributed by atoms with Gasteiger partial charge in [0.25, 0.3) is 0 Å². The van der Waals surface area contributed by atoms with Gasteiger partial charge in [-0.05, 0) is 38.3 Å². The molecule has 5 rings (SSSR count). The molecule has 2 fully saturated rings. The number of piperidine rings is 1. The highest BCUT2D eigenvalue weighted by Crippen LogP contribution is 2.38. The predicted octanol–water partition coefficient (Wildman–Crippen LogP) is 3.85. The molecular formula is C28H38FN7O3S. The molecule has 4 atom stereocenters. The van der Waals surface area contributed by atoms with Crippen LogP contribution in [0.4, 0.5) is 27.7 Å². The molecule has 40 heavy (non-hydrogen) atoms. The van der Waals surface area contributed by atoms with E-state index in [-0.39, 0.29) is 35.9 Å². The maximum absolute atomic E-state index is 14.4. The van der Waals surface area contributed by atoms with Gasteiger partial charge in [0.05, 0.1) is 35.5 Å². The van der Waals surface area contributed by atoms with Crippen LogP contribution < -0.4 is 15.1 Å². The van der Waals surface area contributed by atoms with Crippen molar-refractivity contribution in [2.45, 2.75) is 64.8 Å². The summed E-state index contributed by atoms with van der Waals surface area (Å²) in [6.07, 6.45) is 4.22. The average molecular weight is 572 g/mol. The van der Waals surface area contributed by atoms with Crippen molar-refractivity contribution in [3.8, 4) is 0 Å². The second kappa shape index (κ2) is 10.7. The molecule has 3 aromatic rings. The van der Waals surface area contributed by atoms with Crippen molar-refractivity contribution in [3.05, 3.63) is 36.4 Å².